The zero-order valence-corrected chi connectivity index (χ0v) is 8.30. The van der Waals surface area contributed by atoms with E-state index in [-0.39, 0.29) is 0 Å². The summed E-state index contributed by atoms with van der Waals surface area (Å²) in [5, 5.41) is 9.91. The molecule has 0 saturated heterocycles. The molecule has 1 fully saturated rings. The van der Waals surface area contributed by atoms with Crippen molar-refractivity contribution >= 4 is 0 Å². The van der Waals surface area contributed by atoms with Gasteiger partial charge in [-0.2, -0.15) is 0 Å². The van der Waals surface area contributed by atoms with Gasteiger partial charge >= 0.3 is 0 Å². The molecule has 0 aromatic heterocycles. The standard InChI is InChI=1S/C12H16O/c1-3-10-8-11(5-4-9(10)2)12(13)6-7-12/h4-5,8,13H,3,6-7H2,1-2H3. The second kappa shape index (κ2) is 2.85. The molecular weight excluding hydrogens is 160 g/mol. The van der Waals surface area contributed by atoms with Crippen LogP contribution in [0.1, 0.15) is 36.5 Å². The first-order chi connectivity index (χ1) is 6.15. The largest absolute Gasteiger partial charge is 0.385 e. The van der Waals surface area contributed by atoms with E-state index in [1.54, 1.807) is 0 Å². The van der Waals surface area contributed by atoms with Crippen LogP contribution in [0.25, 0.3) is 0 Å². The maximum Gasteiger partial charge on any atom is 0.0899 e. The summed E-state index contributed by atoms with van der Waals surface area (Å²) in [6.07, 6.45) is 2.91. The number of hydrogen-bond donors (Lipinski definition) is 1. The maximum absolute atomic E-state index is 9.91. The van der Waals surface area contributed by atoms with Gasteiger partial charge in [-0.25, -0.2) is 0 Å². The van der Waals surface area contributed by atoms with Crippen molar-refractivity contribution in [1.82, 2.24) is 0 Å². The predicted octanol–water partition coefficient (Wildman–Crippen LogP) is 2.54. The summed E-state index contributed by atoms with van der Waals surface area (Å²) in [4.78, 5) is 0. The van der Waals surface area contributed by atoms with E-state index in [0.717, 1.165) is 24.8 Å². The van der Waals surface area contributed by atoms with Gasteiger partial charge < -0.3 is 5.11 Å². The molecule has 13 heavy (non-hydrogen) atoms. The molecule has 1 N–H and O–H groups in total. The van der Waals surface area contributed by atoms with Crippen LogP contribution in [0.15, 0.2) is 18.2 Å². The highest BCUT2D eigenvalue weighted by atomic mass is 16.3. The molecule has 1 nitrogen and oxygen atoms in total. The normalized spacial score (nSPS) is 18.7. The molecule has 0 bridgehead atoms. The zero-order valence-electron chi connectivity index (χ0n) is 8.30. The van der Waals surface area contributed by atoms with Gasteiger partial charge in [0.25, 0.3) is 0 Å². The van der Waals surface area contributed by atoms with Crippen molar-refractivity contribution in [3.8, 4) is 0 Å². The van der Waals surface area contributed by atoms with Crippen molar-refractivity contribution in [2.45, 2.75) is 38.7 Å². The quantitative estimate of drug-likeness (QED) is 0.734. The molecule has 0 radical (unpaired) electrons. The highest BCUT2D eigenvalue weighted by molar-refractivity contribution is 5.36. The molecule has 1 aliphatic rings. The van der Waals surface area contributed by atoms with Gasteiger partial charge in [-0.1, -0.05) is 25.1 Å². The van der Waals surface area contributed by atoms with Crippen LogP contribution in [0.3, 0.4) is 0 Å². The molecule has 0 unspecified atom stereocenters. The third-order valence-electron chi connectivity index (χ3n) is 2.99. The summed E-state index contributed by atoms with van der Waals surface area (Å²) in [6, 6.07) is 6.33. The first kappa shape index (κ1) is 8.76. The Hall–Kier alpha value is -0.820. The molecule has 1 aliphatic carbocycles. The van der Waals surface area contributed by atoms with Crippen molar-refractivity contribution in [3.63, 3.8) is 0 Å². The van der Waals surface area contributed by atoms with E-state index in [4.69, 9.17) is 0 Å². The summed E-state index contributed by atoms with van der Waals surface area (Å²) >= 11 is 0. The highest BCUT2D eigenvalue weighted by Gasteiger charge is 2.42. The van der Waals surface area contributed by atoms with E-state index < -0.39 is 5.60 Å². The second-order valence-electron chi connectivity index (χ2n) is 4.03. The van der Waals surface area contributed by atoms with Gasteiger partial charge in [-0.15, -0.1) is 0 Å². The summed E-state index contributed by atoms with van der Waals surface area (Å²) < 4.78 is 0. The number of aliphatic hydroxyl groups is 1. The van der Waals surface area contributed by atoms with Gasteiger partial charge in [0.05, 0.1) is 5.60 Å². The summed E-state index contributed by atoms with van der Waals surface area (Å²) in [5.74, 6) is 0. The van der Waals surface area contributed by atoms with Crippen molar-refractivity contribution in [2.24, 2.45) is 0 Å². The first-order valence-corrected chi connectivity index (χ1v) is 4.98. The third-order valence-corrected chi connectivity index (χ3v) is 2.99. The molecule has 0 amide bonds. The minimum atomic E-state index is -0.475. The van der Waals surface area contributed by atoms with Crippen LogP contribution < -0.4 is 0 Å². The van der Waals surface area contributed by atoms with Crippen LogP contribution >= 0.6 is 0 Å². The molecule has 1 saturated carbocycles. The molecule has 1 heteroatoms. The Morgan fingerprint density at radius 2 is 2.08 bits per heavy atom. The van der Waals surface area contributed by atoms with E-state index in [9.17, 15) is 5.11 Å². The average Bonchev–Trinajstić information content (AvgIpc) is 2.86. The van der Waals surface area contributed by atoms with E-state index in [2.05, 4.69) is 32.0 Å². The van der Waals surface area contributed by atoms with Crippen LogP contribution in [-0.4, -0.2) is 5.11 Å². The molecular formula is C12H16O. The molecule has 1 aromatic carbocycles. The lowest BCUT2D eigenvalue weighted by atomic mass is 9.99. The highest BCUT2D eigenvalue weighted by Crippen LogP contribution is 2.45. The molecule has 0 spiro atoms. The fourth-order valence-corrected chi connectivity index (χ4v) is 1.75. The number of benzene rings is 1. The Kier molecular flexibility index (Phi) is 1.92. The zero-order chi connectivity index (χ0) is 9.47. The monoisotopic (exact) mass is 176 g/mol. The SMILES string of the molecule is CCc1cc(C2(O)CC2)ccc1C. The van der Waals surface area contributed by atoms with E-state index in [1.807, 2.05) is 0 Å². The van der Waals surface area contributed by atoms with Gasteiger partial charge in [0.2, 0.25) is 0 Å². The van der Waals surface area contributed by atoms with Gasteiger partial charge in [0, 0.05) is 0 Å². The minimum Gasteiger partial charge on any atom is -0.385 e. The van der Waals surface area contributed by atoms with Gasteiger partial charge in [0.15, 0.2) is 0 Å². The van der Waals surface area contributed by atoms with Gasteiger partial charge in [0.1, 0.15) is 0 Å². The topological polar surface area (TPSA) is 20.2 Å². The Balaban J connectivity index is 2.39. The molecule has 0 heterocycles. The van der Waals surface area contributed by atoms with E-state index >= 15 is 0 Å². The fourth-order valence-electron chi connectivity index (χ4n) is 1.75. The van der Waals surface area contributed by atoms with Crippen LogP contribution in [0.4, 0.5) is 0 Å². The van der Waals surface area contributed by atoms with Crippen LogP contribution in [-0.2, 0) is 12.0 Å². The number of hydrogen-bond acceptors (Lipinski definition) is 1. The number of aryl methyl sites for hydroxylation is 2. The van der Waals surface area contributed by atoms with Crippen molar-refractivity contribution < 1.29 is 5.11 Å². The third kappa shape index (κ3) is 1.49. The lowest BCUT2D eigenvalue weighted by Crippen LogP contribution is -2.05. The molecule has 0 aliphatic heterocycles. The van der Waals surface area contributed by atoms with Crippen molar-refractivity contribution in [1.29, 1.82) is 0 Å². The van der Waals surface area contributed by atoms with E-state index in [1.165, 1.54) is 11.1 Å². The minimum absolute atomic E-state index is 0.475. The van der Waals surface area contributed by atoms with Gasteiger partial charge in [-0.05, 0) is 42.9 Å². The maximum atomic E-state index is 9.91. The Morgan fingerprint density at radius 3 is 2.62 bits per heavy atom. The van der Waals surface area contributed by atoms with Crippen LogP contribution in [0.2, 0.25) is 0 Å². The number of rotatable bonds is 2. The Bertz CT molecular complexity index is 324. The lowest BCUT2D eigenvalue weighted by molar-refractivity contribution is 0.151. The molecule has 0 atom stereocenters. The first-order valence-electron chi connectivity index (χ1n) is 4.98. The smallest absolute Gasteiger partial charge is 0.0899 e. The van der Waals surface area contributed by atoms with Crippen molar-refractivity contribution in [2.75, 3.05) is 0 Å². The predicted molar refractivity (Wildman–Crippen MR) is 53.7 cm³/mol. The average molecular weight is 176 g/mol. The molecule has 2 rings (SSSR count). The van der Waals surface area contributed by atoms with E-state index in [0.29, 0.717) is 0 Å². The van der Waals surface area contributed by atoms with Gasteiger partial charge in [-0.3, -0.25) is 0 Å². The second-order valence-corrected chi connectivity index (χ2v) is 4.03. The Morgan fingerprint density at radius 1 is 1.38 bits per heavy atom. The summed E-state index contributed by atoms with van der Waals surface area (Å²) in [7, 11) is 0. The Labute approximate surface area is 79.4 Å². The summed E-state index contributed by atoms with van der Waals surface area (Å²) in [6.45, 7) is 4.28. The molecule has 1 aromatic rings. The fraction of sp³-hybridized carbons (Fsp3) is 0.500. The lowest BCUT2D eigenvalue weighted by Gasteiger charge is -2.11. The molecule has 70 valence electrons. The van der Waals surface area contributed by atoms with Crippen LogP contribution in [0.5, 0.6) is 0 Å². The summed E-state index contributed by atoms with van der Waals surface area (Å²) in [5.41, 5.74) is 3.32. The van der Waals surface area contributed by atoms with Crippen LogP contribution in [0, 0.1) is 6.92 Å². The van der Waals surface area contributed by atoms with Crippen molar-refractivity contribution in [3.05, 3.63) is 34.9 Å².